The Balaban J connectivity index is 1.49. The third kappa shape index (κ3) is 2.99. The predicted octanol–water partition coefficient (Wildman–Crippen LogP) is 1.75. The average Bonchev–Trinajstić information content (AvgIpc) is 3.21. The molecule has 0 aromatic carbocycles. The Morgan fingerprint density at radius 2 is 2.06 bits per heavy atom. The first-order valence-corrected chi connectivity index (χ1v) is 7.09. The van der Waals surface area contributed by atoms with Gasteiger partial charge in [-0.3, -0.25) is 0 Å². The maximum Gasteiger partial charge on any atom is 0.151 e. The molecule has 0 bridgehead atoms. The number of nitrogens with one attached hydrogen (secondary N) is 1. The molecule has 1 N–H and O–H groups in total. The molecule has 1 aromatic rings. The summed E-state index contributed by atoms with van der Waals surface area (Å²) in [5.74, 6) is 1.89. The van der Waals surface area contributed by atoms with Gasteiger partial charge in [0.15, 0.2) is 5.82 Å². The van der Waals surface area contributed by atoms with Crippen LogP contribution in [0, 0.1) is 12.8 Å². The van der Waals surface area contributed by atoms with E-state index in [1.807, 2.05) is 6.20 Å². The molecule has 1 saturated carbocycles. The summed E-state index contributed by atoms with van der Waals surface area (Å²) in [5, 5.41) is 11.9. The third-order valence-corrected chi connectivity index (χ3v) is 3.99. The Hall–Kier alpha value is -1.16. The van der Waals surface area contributed by atoms with Gasteiger partial charge in [-0.1, -0.05) is 0 Å². The SMILES string of the molecule is Cc1cnnc(N2CCC(CNC3CC3)CC2)c1. The average molecular weight is 246 g/mol. The van der Waals surface area contributed by atoms with Gasteiger partial charge in [-0.25, -0.2) is 0 Å². The lowest BCUT2D eigenvalue weighted by molar-refractivity contribution is 0.380. The quantitative estimate of drug-likeness (QED) is 0.879. The van der Waals surface area contributed by atoms with Gasteiger partial charge in [-0.05, 0) is 56.7 Å². The summed E-state index contributed by atoms with van der Waals surface area (Å²) in [6.45, 7) is 5.52. The number of rotatable bonds is 4. The van der Waals surface area contributed by atoms with E-state index in [1.54, 1.807) is 0 Å². The molecule has 2 heterocycles. The molecule has 0 amide bonds. The summed E-state index contributed by atoms with van der Waals surface area (Å²) >= 11 is 0. The van der Waals surface area contributed by atoms with E-state index in [4.69, 9.17) is 0 Å². The largest absolute Gasteiger partial charge is 0.355 e. The van der Waals surface area contributed by atoms with Crippen LogP contribution in [0.25, 0.3) is 0 Å². The van der Waals surface area contributed by atoms with Crippen LogP contribution in [0.15, 0.2) is 12.3 Å². The maximum atomic E-state index is 4.23. The number of hydrogen-bond donors (Lipinski definition) is 1. The van der Waals surface area contributed by atoms with Crippen molar-refractivity contribution >= 4 is 5.82 Å². The number of nitrogens with zero attached hydrogens (tertiary/aromatic N) is 3. The molecule has 0 spiro atoms. The molecule has 2 fully saturated rings. The minimum Gasteiger partial charge on any atom is -0.355 e. The van der Waals surface area contributed by atoms with Gasteiger partial charge in [0.05, 0.1) is 6.20 Å². The molecule has 4 heteroatoms. The summed E-state index contributed by atoms with van der Waals surface area (Å²) in [7, 11) is 0. The van der Waals surface area contributed by atoms with Crippen molar-refractivity contribution in [2.24, 2.45) is 5.92 Å². The van der Waals surface area contributed by atoms with Crippen molar-refractivity contribution in [1.29, 1.82) is 0 Å². The van der Waals surface area contributed by atoms with Crippen LogP contribution >= 0.6 is 0 Å². The molecule has 0 atom stereocenters. The molecule has 0 radical (unpaired) electrons. The van der Waals surface area contributed by atoms with E-state index in [-0.39, 0.29) is 0 Å². The standard InChI is InChI=1S/C14H22N4/c1-11-8-14(17-16-9-11)18-6-4-12(5-7-18)10-15-13-2-3-13/h8-9,12-13,15H,2-7,10H2,1H3. The fraction of sp³-hybridized carbons (Fsp3) is 0.714. The molecule has 1 saturated heterocycles. The number of aromatic nitrogens is 2. The van der Waals surface area contributed by atoms with Gasteiger partial charge < -0.3 is 10.2 Å². The predicted molar refractivity (Wildman–Crippen MR) is 72.7 cm³/mol. The second kappa shape index (κ2) is 5.22. The Morgan fingerprint density at radius 1 is 1.28 bits per heavy atom. The zero-order chi connectivity index (χ0) is 12.4. The van der Waals surface area contributed by atoms with E-state index in [1.165, 1.54) is 37.8 Å². The van der Waals surface area contributed by atoms with E-state index in [0.29, 0.717) is 0 Å². The number of anilines is 1. The zero-order valence-electron chi connectivity index (χ0n) is 11.1. The van der Waals surface area contributed by atoms with Crippen LogP contribution in [0.3, 0.4) is 0 Å². The van der Waals surface area contributed by atoms with E-state index < -0.39 is 0 Å². The van der Waals surface area contributed by atoms with Crippen LogP contribution in [0.5, 0.6) is 0 Å². The van der Waals surface area contributed by atoms with Crippen molar-refractivity contribution in [3.8, 4) is 0 Å². The first kappa shape index (κ1) is 11.9. The Morgan fingerprint density at radius 3 is 2.72 bits per heavy atom. The Labute approximate surface area is 109 Å². The highest BCUT2D eigenvalue weighted by Gasteiger charge is 2.24. The molecule has 1 aliphatic heterocycles. The van der Waals surface area contributed by atoms with Gasteiger partial charge >= 0.3 is 0 Å². The maximum absolute atomic E-state index is 4.23. The Kier molecular flexibility index (Phi) is 3.46. The molecule has 4 nitrogen and oxygen atoms in total. The van der Waals surface area contributed by atoms with Crippen LogP contribution in [0.1, 0.15) is 31.2 Å². The fourth-order valence-corrected chi connectivity index (χ4v) is 2.59. The van der Waals surface area contributed by atoms with E-state index in [9.17, 15) is 0 Å². The topological polar surface area (TPSA) is 41.1 Å². The fourth-order valence-electron chi connectivity index (χ4n) is 2.59. The number of aryl methyl sites for hydroxylation is 1. The second-order valence-electron chi connectivity index (χ2n) is 5.70. The highest BCUT2D eigenvalue weighted by molar-refractivity contribution is 5.39. The molecule has 1 aliphatic carbocycles. The van der Waals surface area contributed by atoms with Crippen LogP contribution in [-0.4, -0.2) is 35.9 Å². The monoisotopic (exact) mass is 246 g/mol. The first-order chi connectivity index (χ1) is 8.81. The lowest BCUT2D eigenvalue weighted by atomic mass is 9.97. The minimum absolute atomic E-state index is 0.839. The lowest BCUT2D eigenvalue weighted by Crippen LogP contribution is -2.38. The summed E-state index contributed by atoms with van der Waals surface area (Å²) in [5.41, 5.74) is 1.19. The summed E-state index contributed by atoms with van der Waals surface area (Å²) in [6, 6.07) is 2.97. The molecule has 3 rings (SSSR count). The smallest absolute Gasteiger partial charge is 0.151 e. The van der Waals surface area contributed by atoms with E-state index in [2.05, 4.69) is 33.4 Å². The third-order valence-electron chi connectivity index (χ3n) is 3.99. The lowest BCUT2D eigenvalue weighted by Gasteiger charge is -2.32. The van der Waals surface area contributed by atoms with Gasteiger partial charge in [-0.15, -0.1) is 5.10 Å². The number of piperidine rings is 1. The van der Waals surface area contributed by atoms with Crippen molar-refractivity contribution in [2.75, 3.05) is 24.5 Å². The molecule has 18 heavy (non-hydrogen) atoms. The van der Waals surface area contributed by atoms with E-state index >= 15 is 0 Å². The molecular weight excluding hydrogens is 224 g/mol. The van der Waals surface area contributed by atoms with Crippen LogP contribution in [0.2, 0.25) is 0 Å². The molecular formula is C14H22N4. The molecule has 0 unspecified atom stereocenters. The van der Waals surface area contributed by atoms with Crippen LogP contribution in [0.4, 0.5) is 5.82 Å². The van der Waals surface area contributed by atoms with Crippen molar-refractivity contribution in [2.45, 2.75) is 38.6 Å². The van der Waals surface area contributed by atoms with Crippen molar-refractivity contribution in [3.63, 3.8) is 0 Å². The Bertz CT molecular complexity index is 395. The zero-order valence-corrected chi connectivity index (χ0v) is 11.1. The van der Waals surface area contributed by atoms with Crippen molar-refractivity contribution < 1.29 is 0 Å². The summed E-state index contributed by atoms with van der Waals surface area (Å²) in [6.07, 6.45) is 7.13. The van der Waals surface area contributed by atoms with Gasteiger partial charge in [0.2, 0.25) is 0 Å². The van der Waals surface area contributed by atoms with Crippen molar-refractivity contribution in [3.05, 3.63) is 17.8 Å². The molecule has 1 aromatic heterocycles. The number of hydrogen-bond acceptors (Lipinski definition) is 4. The molecule has 2 aliphatic rings. The van der Waals surface area contributed by atoms with Gasteiger partial charge in [0.1, 0.15) is 0 Å². The van der Waals surface area contributed by atoms with Gasteiger partial charge in [0.25, 0.3) is 0 Å². The molecule has 98 valence electrons. The highest BCUT2D eigenvalue weighted by Crippen LogP contribution is 2.23. The van der Waals surface area contributed by atoms with Gasteiger partial charge in [0, 0.05) is 19.1 Å². The van der Waals surface area contributed by atoms with Gasteiger partial charge in [-0.2, -0.15) is 5.10 Å². The summed E-state index contributed by atoms with van der Waals surface area (Å²) < 4.78 is 0. The van der Waals surface area contributed by atoms with Crippen LogP contribution < -0.4 is 10.2 Å². The normalized spacial score (nSPS) is 21.3. The second-order valence-corrected chi connectivity index (χ2v) is 5.70. The first-order valence-electron chi connectivity index (χ1n) is 7.09. The summed E-state index contributed by atoms with van der Waals surface area (Å²) in [4.78, 5) is 2.37. The highest BCUT2D eigenvalue weighted by atomic mass is 15.3. The van der Waals surface area contributed by atoms with E-state index in [0.717, 1.165) is 30.9 Å². The van der Waals surface area contributed by atoms with Crippen molar-refractivity contribution in [1.82, 2.24) is 15.5 Å². The van der Waals surface area contributed by atoms with Crippen LogP contribution in [-0.2, 0) is 0 Å². The minimum atomic E-state index is 0.839.